The lowest BCUT2D eigenvalue weighted by atomic mass is 9.51. The number of hydrogen-bond acceptors (Lipinski definition) is 3. The predicted molar refractivity (Wildman–Crippen MR) is 72.0 cm³/mol. The van der Waals surface area contributed by atoms with E-state index in [0.717, 1.165) is 30.1 Å². The van der Waals surface area contributed by atoms with Crippen LogP contribution in [0.5, 0.6) is 0 Å². The first-order chi connectivity index (χ1) is 10.2. The third-order valence-electron chi connectivity index (χ3n) is 7.58. The van der Waals surface area contributed by atoms with Crippen LogP contribution < -0.4 is 0 Å². The minimum absolute atomic E-state index is 0.633. The van der Waals surface area contributed by atoms with E-state index in [4.69, 9.17) is 0 Å². The summed E-state index contributed by atoms with van der Waals surface area (Å²) in [5.74, 6) is 0.985. The molecule has 0 N–H and O–H groups in total. The monoisotopic (exact) mass is 320 g/mol. The zero-order valence-electron chi connectivity index (χ0n) is 12.8. The van der Waals surface area contributed by atoms with Crippen LogP contribution in [0.3, 0.4) is 0 Å². The molecule has 6 aliphatic heterocycles. The highest BCUT2D eigenvalue weighted by Crippen LogP contribution is 2.72. The second kappa shape index (κ2) is 3.65. The second-order valence-electron chi connectivity index (χ2n) is 8.03. The third-order valence-corrected chi connectivity index (χ3v) is 7.58. The molecular weight excluding hydrogens is 299 g/mol. The van der Waals surface area contributed by atoms with Crippen molar-refractivity contribution in [1.29, 1.82) is 0 Å². The lowest BCUT2D eigenvalue weighted by Crippen LogP contribution is -2.78. The van der Waals surface area contributed by atoms with Gasteiger partial charge in [-0.25, -0.2) is 0 Å². The zero-order valence-corrected chi connectivity index (χ0v) is 12.8. The quantitative estimate of drug-likeness (QED) is 0.384. The van der Waals surface area contributed by atoms with Gasteiger partial charge in [0.2, 0.25) is 0 Å². The molecule has 0 aromatic rings. The largest absolute Gasteiger partial charge is 0.673 e. The summed E-state index contributed by atoms with van der Waals surface area (Å²) < 4.78 is 40.2. The average molecular weight is 320 g/mol. The lowest BCUT2D eigenvalue weighted by Gasteiger charge is -2.64. The summed E-state index contributed by atoms with van der Waals surface area (Å²) in [6, 6.07) is 3.52. The van der Waals surface area contributed by atoms with Gasteiger partial charge in [-0.3, -0.25) is 0 Å². The van der Waals surface area contributed by atoms with Crippen LogP contribution in [-0.4, -0.2) is 65.0 Å². The van der Waals surface area contributed by atoms with Crippen LogP contribution in [-0.2, 0) is 0 Å². The van der Waals surface area contributed by atoms with Crippen LogP contribution in [0.15, 0.2) is 0 Å². The molecule has 0 spiro atoms. The summed E-state index contributed by atoms with van der Waals surface area (Å²) in [6.07, 6.45) is 5.87. The van der Waals surface area contributed by atoms with E-state index in [9.17, 15) is 17.3 Å². The number of rotatable bonds is 0. The van der Waals surface area contributed by atoms with E-state index in [0.29, 0.717) is 5.41 Å². The Morgan fingerprint density at radius 2 is 1.68 bits per heavy atom. The Labute approximate surface area is 127 Å². The maximum atomic E-state index is 9.75. The van der Waals surface area contributed by atoms with Crippen LogP contribution in [0.1, 0.15) is 32.6 Å². The Bertz CT molecular complexity index is 525. The lowest BCUT2D eigenvalue weighted by molar-refractivity contribution is -1.12. The summed E-state index contributed by atoms with van der Waals surface area (Å²) in [7, 11) is -3.50. The number of halogens is 4. The van der Waals surface area contributed by atoms with Gasteiger partial charge in [-0.15, -0.1) is 5.01 Å². The molecule has 124 valence electrons. The molecule has 9 heteroatoms. The highest BCUT2D eigenvalue weighted by Gasteiger charge is 2.87. The Kier molecular flexibility index (Phi) is 2.33. The van der Waals surface area contributed by atoms with E-state index in [1.807, 2.05) is 0 Å². The van der Waals surface area contributed by atoms with Gasteiger partial charge in [0.05, 0.1) is 17.5 Å². The van der Waals surface area contributed by atoms with E-state index in [2.05, 4.69) is 29.1 Å². The molecule has 0 amide bonds. The fourth-order valence-electron chi connectivity index (χ4n) is 7.33. The van der Waals surface area contributed by atoms with E-state index < -0.39 is 7.25 Å². The minimum Gasteiger partial charge on any atom is -0.418 e. The van der Waals surface area contributed by atoms with Crippen molar-refractivity contribution >= 4 is 7.25 Å². The maximum absolute atomic E-state index is 9.75. The molecule has 2 aliphatic carbocycles. The van der Waals surface area contributed by atoms with Crippen molar-refractivity contribution in [2.75, 3.05) is 13.7 Å². The van der Waals surface area contributed by atoms with Gasteiger partial charge in [-0.2, -0.15) is 9.71 Å². The fraction of sp³-hybridized carbons (Fsp3) is 1.00. The van der Waals surface area contributed by atoms with Crippen molar-refractivity contribution in [2.45, 2.75) is 56.8 Å². The van der Waals surface area contributed by atoms with E-state index in [1.165, 1.54) is 37.1 Å². The molecule has 7 bridgehead atoms. The number of fused-ring (bicyclic) bond motifs is 2. The Balaban J connectivity index is 0.000000201. The SMILES string of the molecule is C[C@]12C3CC[C@H]4[C@@H]1[C@H]1CC[C@@H]2N2N1CN4[N+]32C.F[B-](F)(F)F. The topological polar surface area (TPSA) is 9.72 Å². The van der Waals surface area contributed by atoms with E-state index in [-0.39, 0.29) is 0 Å². The fourth-order valence-corrected chi connectivity index (χ4v) is 7.33. The summed E-state index contributed by atoms with van der Waals surface area (Å²) in [5.41, 5.74) is 0.633. The number of quaternary nitrogens is 1. The average Bonchev–Trinajstić information content (AvgIpc) is 2.81. The molecule has 0 aromatic carbocycles. The number of nitrogens with zero attached hydrogens (tertiary/aromatic N) is 4. The molecule has 8 fully saturated rings. The summed E-state index contributed by atoms with van der Waals surface area (Å²) in [5, 5.41) is 8.37. The first-order valence-corrected chi connectivity index (χ1v) is 8.25. The highest BCUT2D eigenvalue weighted by molar-refractivity contribution is 6.50. The van der Waals surface area contributed by atoms with Crippen molar-refractivity contribution in [2.24, 2.45) is 11.3 Å². The van der Waals surface area contributed by atoms with Gasteiger partial charge < -0.3 is 17.3 Å². The third kappa shape index (κ3) is 1.26. The van der Waals surface area contributed by atoms with Crippen molar-refractivity contribution in [1.82, 2.24) is 15.1 Å². The summed E-state index contributed by atoms with van der Waals surface area (Å²) in [6.45, 7) is 3.87. The Hall–Kier alpha value is -0.375. The first kappa shape index (κ1) is 14.0. The van der Waals surface area contributed by atoms with Crippen molar-refractivity contribution in [3.05, 3.63) is 0 Å². The van der Waals surface area contributed by atoms with Gasteiger partial charge in [0.25, 0.3) is 0 Å². The molecular formula is C13H21BF4N4. The summed E-state index contributed by atoms with van der Waals surface area (Å²) in [4.78, 5) is 0. The standard InChI is InChI=1S/C13H21N4.BF4/c1-13-10-5-3-8-12(13)9-4-6-11(13)17(2)15(9)7-14(8)16(10)17;2-1(3,4)5/h8-12H,3-7H2,1-2H3;/q+1;-1/t8-,9+,10+,11?,12+,13+,17?;/m1./s1. The first-order valence-electron chi connectivity index (χ1n) is 8.25. The number of hydrogen-bond donors (Lipinski definition) is 0. The molecule has 8 rings (SSSR count). The minimum atomic E-state index is -6.00. The Morgan fingerprint density at radius 3 is 2.36 bits per heavy atom. The van der Waals surface area contributed by atoms with Crippen LogP contribution >= 0.6 is 0 Å². The van der Waals surface area contributed by atoms with Crippen LogP contribution in [0.25, 0.3) is 0 Å². The molecule has 7 atom stereocenters. The molecule has 0 aromatic heterocycles. The second-order valence-corrected chi connectivity index (χ2v) is 8.03. The molecule has 2 unspecified atom stereocenters. The van der Waals surface area contributed by atoms with Crippen LogP contribution in [0, 0.1) is 11.3 Å². The van der Waals surface area contributed by atoms with E-state index >= 15 is 0 Å². The maximum Gasteiger partial charge on any atom is 0.673 e. The van der Waals surface area contributed by atoms with Gasteiger partial charge in [0.15, 0.2) is 0 Å². The van der Waals surface area contributed by atoms with Gasteiger partial charge in [0, 0.05) is 18.4 Å². The van der Waals surface area contributed by atoms with Gasteiger partial charge in [0.1, 0.15) is 19.8 Å². The smallest absolute Gasteiger partial charge is 0.418 e. The van der Waals surface area contributed by atoms with Crippen LogP contribution in [0.2, 0.25) is 0 Å². The molecule has 4 nitrogen and oxygen atoms in total. The normalized spacial score (nSPS) is 57.8. The van der Waals surface area contributed by atoms with Gasteiger partial charge >= 0.3 is 7.25 Å². The molecule has 6 heterocycles. The van der Waals surface area contributed by atoms with Crippen molar-refractivity contribution in [3.8, 4) is 0 Å². The van der Waals surface area contributed by atoms with Crippen molar-refractivity contribution in [3.63, 3.8) is 0 Å². The number of hydrazine groups is 1. The zero-order chi connectivity index (χ0) is 15.7. The van der Waals surface area contributed by atoms with Gasteiger partial charge in [-0.05, 0) is 19.3 Å². The van der Waals surface area contributed by atoms with Crippen molar-refractivity contribution < 1.29 is 22.0 Å². The van der Waals surface area contributed by atoms with Gasteiger partial charge in [-0.1, -0.05) is 12.0 Å². The molecule has 8 aliphatic rings. The van der Waals surface area contributed by atoms with Crippen LogP contribution in [0.4, 0.5) is 17.3 Å². The highest BCUT2D eigenvalue weighted by atomic mass is 19.5. The predicted octanol–water partition coefficient (Wildman–Crippen LogP) is 2.08. The van der Waals surface area contributed by atoms with E-state index in [1.54, 1.807) is 0 Å². The summed E-state index contributed by atoms with van der Waals surface area (Å²) >= 11 is 0. The molecule has 6 saturated heterocycles. The molecule has 0 radical (unpaired) electrons. The Morgan fingerprint density at radius 1 is 1.05 bits per heavy atom. The molecule has 22 heavy (non-hydrogen) atoms. The molecule has 2 saturated carbocycles.